The van der Waals surface area contributed by atoms with E-state index in [4.69, 9.17) is 14.3 Å². The second kappa shape index (κ2) is 8.47. The van der Waals surface area contributed by atoms with E-state index in [1.54, 1.807) is 18.2 Å². The topological polar surface area (TPSA) is 56.8 Å². The molecule has 126 valence electrons. The number of amides is 1. The molecule has 3 rings (SSSR count). The van der Waals surface area contributed by atoms with E-state index in [9.17, 15) is 4.79 Å². The quantitative estimate of drug-likeness (QED) is 0.794. The molecule has 0 bridgehead atoms. The van der Waals surface area contributed by atoms with Crippen molar-refractivity contribution >= 4 is 5.91 Å². The molecular weight excluding hydrogens is 306 g/mol. The third-order valence-electron chi connectivity index (χ3n) is 3.83. The molecule has 2 aromatic carbocycles. The highest BCUT2D eigenvalue weighted by atomic mass is 16.6. The average molecular weight is 327 g/mol. The van der Waals surface area contributed by atoms with Gasteiger partial charge in [0, 0.05) is 6.61 Å². The summed E-state index contributed by atoms with van der Waals surface area (Å²) in [4.78, 5) is 17.6. The first-order chi connectivity index (χ1) is 11.8. The van der Waals surface area contributed by atoms with Gasteiger partial charge in [0.15, 0.2) is 0 Å². The third-order valence-corrected chi connectivity index (χ3v) is 3.83. The largest absolute Gasteiger partial charge is 0.490 e. The highest BCUT2D eigenvalue weighted by Gasteiger charge is 2.18. The lowest BCUT2D eigenvalue weighted by Gasteiger charge is -2.14. The number of carbonyl (C=O) groups excluding carboxylic acids is 1. The number of hydroxylamine groups is 1. The average Bonchev–Trinajstić information content (AvgIpc) is 3.14. The Balaban J connectivity index is 1.53. The standard InChI is InChI=1S/C19H21NO4/c21-19(20-24-13-15-7-2-1-3-8-15)17-10-4-5-11-18(17)23-14-16-9-6-12-22-16/h1-5,7-8,10-11,16H,6,9,12-14H2,(H,20,21)/t16-/m1/s1. The smallest absolute Gasteiger partial charge is 0.278 e. The third kappa shape index (κ3) is 4.57. The number of hydrogen-bond acceptors (Lipinski definition) is 4. The summed E-state index contributed by atoms with van der Waals surface area (Å²) >= 11 is 0. The van der Waals surface area contributed by atoms with Gasteiger partial charge >= 0.3 is 0 Å². The zero-order valence-corrected chi connectivity index (χ0v) is 13.4. The molecule has 0 aliphatic carbocycles. The van der Waals surface area contributed by atoms with Crippen molar-refractivity contribution in [1.29, 1.82) is 0 Å². The molecule has 1 fully saturated rings. The van der Waals surface area contributed by atoms with Gasteiger partial charge in [-0.1, -0.05) is 42.5 Å². The van der Waals surface area contributed by atoms with Crippen LogP contribution in [0, 0.1) is 0 Å². The van der Waals surface area contributed by atoms with Crippen molar-refractivity contribution in [2.24, 2.45) is 0 Å². The second-order valence-corrected chi connectivity index (χ2v) is 5.65. The van der Waals surface area contributed by atoms with Gasteiger partial charge in [0.2, 0.25) is 0 Å². The van der Waals surface area contributed by atoms with E-state index in [0.29, 0.717) is 24.5 Å². The number of benzene rings is 2. The molecule has 0 saturated carbocycles. The number of nitrogens with one attached hydrogen (secondary N) is 1. The lowest BCUT2D eigenvalue weighted by Crippen LogP contribution is -2.25. The van der Waals surface area contributed by atoms with Crippen LogP contribution in [0.5, 0.6) is 5.75 Å². The number of ether oxygens (including phenoxy) is 2. The lowest BCUT2D eigenvalue weighted by molar-refractivity contribution is 0.0227. The molecule has 1 heterocycles. The zero-order chi connectivity index (χ0) is 16.6. The first-order valence-corrected chi connectivity index (χ1v) is 8.12. The molecule has 1 N–H and O–H groups in total. The van der Waals surface area contributed by atoms with E-state index in [1.807, 2.05) is 36.4 Å². The molecule has 1 aliphatic heterocycles. The van der Waals surface area contributed by atoms with E-state index < -0.39 is 0 Å². The van der Waals surface area contributed by atoms with Gasteiger partial charge in [0.25, 0.3) is 5.91 Å². The monoisotopic (exact) mass is 327 g/mol. The molecule has 5 heteroatoms. The molecule has 2 aromatic rings. The fraction of sp³-hybridized carbons (Fsp3) is 0.316. The van der Waals surface area contributed by atoms with Gasteiger partial charge < -0.3 is 9.47 Å². The number of carbonyl (C=O) groups is 1. The van der Waals surface area contributed by atoms with Crippen molar-refractivity contribution < 1.29 is 19.1 Å². The summed E-state index contributed by atoms with van der Waals surface area (Å²) in [5, 5.41) is 0. The number of hydrogen-bond donors (Lipinski definition) is 1. The second-order valence-electron chi connectivity index (χ2n) is 5.65. The number of rotatable bonds is 7. The van der Waals surface area contributed by atoms with Crippen molar-refractivity contribution in [3.63, 3.8) is 0 Å². The van der Waals surface area contributed by atoms with E-state index >= 15 is 0 Å². The Labute approximate surface area is 141 Å². The first kappa shape index (κ1) is 16.5. The molecule has 0 unspecified atom stereocenters. The van der Waals surface area contributed by atoms with Crippen LogP contribution in [0.4, 0.5) is 0 Å². The molecule has 0 aromatic heterocycles. The van der Waals surface area contributed by atoms with E-state index in [2.05, 4.69) is 5.48 Å². The van der Waals surface area contributed by atoms with Crippen LogP contribution in [-0.2, 0) is 16.2 Å². The van der Waals surface area contributed by atoms with Crippen LogP contribution in [-0.4, -0.2) is 25.2 Å². The molecule has 1 aliphatic rings. The Morgan fingerprint density at radius 3 is 2.71 bits per heavy atom. The zero-order valence-electron chi connectivity index (χ0n) is 13.4. The van der Waals surface area contributed by atoms with Crippen LogP contribution in [0.25, 0.3) is 0 Å². The predicted molar refractivity (Wildman–Crippen MR) is 89.6 cm³/mol. The van der Waals surface area contributed by atoms with Gasteiger partial charge in [-0.3, -0.25) is 9.63 Å². The fourth-order valence-electron chi connectivity index (χ4n) is 2.55. The predicted octanol–water partition coefficient (Wildman–Crippen LogP) is 3.11. The lowest BCUT2D eigenvalue weighted by atomic mass is 10.2. The van der Waals surface area contributed by atoms with Crippen molar-refractivity contribution in [3.8, 4) is 5.75 Å². The molecule has 5 nitrogen and oxygen atoms in total. The highest BCUT2D eigenvalue weighted by Crippen LogP contribution is 2.20. The summed E-state index contributed by atoms with van der Waals surface area (Å²) in [5.41, 5.74) is 3.90. The summed E-state index contributed by atoms with van der Waals surface area (Å²) < 4.78 is 11.3. The molecule has 24 heavy (non-hydrogen) atoms. The van der Waals surface area contributed by atoms with E-state index in [-0.39, 0.29) is 12.0 Å². The molecule has 1 amide bonds. The first-order valence-electron chi connectivity index (χ1n) is 8.12. The van der Waals surface area contributed by atoms with Crippen LogP contribution in [0.3, 0.4) is 0 Å². The van der Waals surface area contributed by atoms with Gasteiger partial charge in [-0.25, -0.2) is 5.48 Å². The summed E-state index contributed by atoms with van der Waals surface area (Å²) in [5.74, 6) is 0.211. The minimum atomic E-state index is -0.325. The molecule has 0 spiro atoms. The van der Waals surface area contributed by atoms with Gasteiger partial charge in [-0.2, -0.15) is 0 Å². The normalized spacial score (nSPS) is 16.8. The summed E-state index contributed by atoms with van der Waals surface area (Å²) in [6, 6.07) is 16.8. The molecular formula is C19H21NO4. The maximum atomic E-state index is 12.3. The van der Waals surface area contributed by atoms with Crippen LogP contribution in [0.2, 0.25) is 0 Å². The summed E-state index contributed by atoms with van der Waals surface area (Å²) in [7, 11) is 0. The maximum absolute atomic E-state index is 12.3. The van der Waals surface area contributed by atoms with Gasteiger partial charge in [-0.05, 0) is 30.5 Å². The Bertz CT molecular complexity index is 653. The molecule has 1 atom stereocenters. The molecule has 0 radical (unpaired) electrons. The van der Waals surface area contributed by atoms with Crippen molar-refractivity contribution in [2.45, 2.75) is 25.6 Å². The van der Waals surface area contributed by atoms with Gasteiger partial charge in [-0.15, -0.1) is 0 Å². The van der Waals surface area contributed by atoms with E-state index in [0.717, 1.165) is 25.0 Å². The maximum Gasteiger partial charge on any atom is 0.278 e. The van der Waals surface area contributed by atoms with Crippen LogP contribution in [0.1, 0.15) is 28.8 Å². The SMILES string of the molecule is O=C(NOCc1ccccc1)c1ccccc1OC[C@H]1CCCO1. The van der Waals surface area contributed by atoms with Crippen LogP contribution in [0.15, 0.2) is 54.6 Å². The minimum Gasteiger partial charge on any atom is -0.490 e. The van der Waals surface area contributed by atoms with Gasteiger partial charge in [0.1, 0.15) is 12.4 Å². The van der Waals surface area contributed by atoms with Crippen LogP contribution >= 0.6 is 0 Å². The highest BCUT2D eigenvalue weighted by molar-refractivity contribution is 5.96. The van der Waals surface area contributed by atoms with Crippen molar-refractivity contribution in [3.05, 3.63) is 65.7 Å². The van der Waals surface area contributed by atoms with Crippen LogP contribution < -0.4 is 10.2 Å². The minimum absolute atomic E-state index is 0.107. The Hall–Kier alpha value is -2.37. The van der Waals surface area contributed by atoms with Crippen molar-refractivity contribution in [1.82, 2.24) is 5.48 Å². The van der Waals surface area contributed by atoms with E-state index in [1.165, 1.54) is 0 Å². The Morgan fingerprint density at radius 1 is 1.12 bits per heavy atom. The molecule has 1 saturated heterocycles. The number of para-hydroxylation sites is 1. The summed E-state index contributed by atoms with van der Waals surface area (Å²) in [6.45, 7) is 1.55. The Kier molecular flexibility index (Phi) is 5.82. The fourth-order valence-corrected chi connectivity index (χ4v) is 2.55. The summed E-state index contributed by atoms with van der Waals surface area (Å²) in [6.07, 6.45) is 2.16. The van der Waals surface area contributed by atoms with Gasteiger partial charge in [0.05, 0.1) is 18.3 Å². The van der Waals surface area contributed by atoms with Crippen molar-refractivity contribution in [2.75, 3.05) is 13.2 Å². The Morgan fingerprint density at radius 2 is 1.92 bits per heavy atom.